The zero-order valence-electron chi connectivity index (χ0n) is 6.93. The number of hydrogen-bond donors (Lipinski definition) is 1. The van der Waals surface area contributed by atoms with Gasteiger partial charge in [0.1, 0.15) is 0 Å². The first kappa shape index (κ1) is 9.43. The maximum atomic E-state index is 7.22. The van der Waals surface area contributed by atoms with Crippen molar-refractivity contribution in [1.29, 1.82) is 5.41 Å². The van der Waals surface area contributed by atoms with Crippen molar-refractivity contribution in [2.45, 2.75) is 20.8 Å². The van der Waals surface area contributed by atoms with Gasteiger partial charge < -0.3 is 4.57 Å². The number of rotatable bonds is 0. The van der Waals surface area contributed by atoms with Crippen LogP contribution in [-0.2, 0) is 7.05 Å². The molecule has 1 N–H and O–H groups in total. The molecule has 0 fully saturated rings. The molecule has 0 aliphatic heterocycles. The highest BCUT2D eigenvalue weighted by Gasteiger charge is 1.87. The Morgan fingerprint density at radius 2 is 2.00 bits per heavy atom. The molecule has 0 aliphatic rings. The molecular weight excluding hydrogens is 144 g/mol. The lowest BCUT2D eigenvalue weighted by Crippen LogP contribution is -2.05. The van der Waals surface area contributed by atoms with Crippen molar-refractivity contribution in [3.63, 3.8) is 0 Å². The monoisotopic (exact) mass is 158 g/mol. The minimum absolute atomic E-state index is 0.613. The minimum Gasteiger partial charge on any atom is -0.327 e. The fourth-order valence-electron chi connectivity index (χ4n) is 0.582. The van der Waals surface area contributed by atoms with Gasteiger partial charge in [0.05, 0.1) is 0 Å². The van der Waals surface area contributed by atoms with Gasteiger partial charge in [-0.1, -0.05) is 13.8 Å². The second-order valence-corrected chi connectivity index (χ2v) is 2.99. The average Bonchev–Trinajstić information content (AvgIpc) is 2.16. The van der Waals surface area contributed by atoms with Crippen LogP contribution in [0.1, 0.15) is 18.7 Å². The van der Waals surface area contributed by atoms with E-state index >= 15 is 0 Å². The van der Waals surface area contributed by atoms with Crippen LogP contribution >= 0.6 is 11.3 Å². The maximum absolute atomic E-state index is 7.22. The van der Waals surface area contributed by atoms with E-state index < -0.39 is 0 Å². The standard InChI is InChI=1S/C5H8N2S.C2H6/c1-4-3-7(2)5(6)8-4;1-2/h3,6H,1-2H3;1-2H3. The van der Waals surface area contributed by atoms with Crippen LogP contribution in [0.4, 0.5) is 0 Å². The largest absolute Gasteiger partial charge is 0.327 e. The Morgan fingerprint density at radius 3 is 2.10 bits per heavy atom. The molecule has 0 spiro atoms. The van der Waals surface area contributed by atoms with Crippen molar-refractivity contribution in [1.82, 2.24) is 4.57 Å². The molecule has 2 nitrogen and oxygen atoms in total. The molecule has 0 bridgehead atoms. The van der Waals surface area contributed by atoms with Gasteiger partial charge in [0, 0.05) is 18.1 Å². The molecule has 1 rings (SSSR count). The van der Waals surface area contributed by atoms with Crippen LogP contribution in [0.15, 0.2) is 6.20 Å². The summed E-state index contributed by atoms with van der Waals surface area (Å²) in [6.45, 7) is 6.00. The summed E-state index contributed by atoms with van der Waals surface area (Å²) in [6, 6.07) is 0. The maximum Gasteiger partial charge on any atom is 0.181 e. The highest BCUT2D eigenvalue weighted by molar-refractivity contribution is 7.09. The number of aryl methyl sites for hydroxylation is 2. The van der Waals surface area contributed by atoms with E-state index in [2.05, 4.69) is 0 Å². The van der Waals surface area contributed by atoms with Gasteiger partial charge in [0.2, 0.25) is 0 Å². The zero-order chi connectivity index (χ0) is 8.15. The second kappa shape index (κ2) is 4.28. The molecule has 0 saturated heterocycles. The first-order valence-electron chi connectivity index (χ1n) is 3.38. The summed E-state index contributed by atoms with van der Waals surface area (Å²) in [5.41, 5.74) is 0. The van der Waals surface area contributed by atoms with Crippen LogP contribution < -0.4 is 4.80 Å². The van der Waals surface area contributed by atoms with Crippen LogP contribution in [0.25, 0.3) is 0 Å². The summed E-state index contributed by atoms with van der Waals surface area (Å²) in [6.07, 6.45) is 1.95. The third-order valence-corrected chi connectivity index (χ3v) is 1.86. The molecule has 0 atom stereocenters. The summed E-state index contributed by atoms with van der Waals surface area (Å²) in [7, 11) is 1.88. The Hall–Kier alpha value is -0.570. The predicted molar refractivity (Wildman–Crippen MR) is 45.2 cm³/mol. The van der Waals surface area contributed by atoms with Crippen LogP contribution in [0.3, 0.4) is 0 Å². The third-order valence-electron chi connectivity index (χ3n) is 0.953. The van der Waals surface area contributed by atoms with Gasteiger partial charge >= 0.3 is 0 Å². The van der Waals surface area contributed by atoms with E-state index in [9.17, 15) is 0 Å². The predicted octanol–water partition coefficient (Wildman–Crippen LogP) is 1.90. The molecule has 0 saturated carbocycles. The van der Waals surface area contributed by atoms with Gasteiger partial charge in [-0.15, -0.1) is 11.3 Å². The summed E-state index contributed by atoms with van der Waals surface area (Å²) in [4.78, 5) is 1.81. The summed E-state index contributed by atoms with van der Waals surface area (Å²) in [5.74, 6) is 0. The average molecular weight is 158 g/mol. The molecule has 58 valence electrons. The number of thiazole rings is 1. The fraction of sp³-hybridized carbons (Fsp3) is 0.571. The Kier molecular flexibility index (Phi) is 4.03. The van der Waals surface area contributed by atoms with E-state index in [-0.39, 0.29) is 0 Å². The van der Waals surface area contributed by atoms with Crippen molar-refractivity contribution in [2.24, 2.45) is 7.05 Å². The van der Waals surface area contributed by atoms with Gasteiger partial charge in [0.25, 0.3) is 0 Å². The molecule has 0 aromatic carbocycles. The molecule has 0 radical (unpaired) electrons. The van der Waals surface area contributed by atoms with E-state index in [1.54, 1.807) is 4.57 Å². The Morgan fingerprint density at radius 1 is 1.50 bits per heavy atom. The van der Waals surface area contributed by atoms with E-state index in [1.807, 2.05) is 34.0 Å². The van der Waals surface area contributed by atoms with E-state index in [0.29, 0.717) is 4.80 Å². The van der Waals surface area contributed by atoms with Gasteiger partial charge in [-0.2, -0.15) is 0 Å². The number of aromatic nitrogens is 1. The lowest BCUT2D eigenvalue weighted by molar-refractivity contribution is 0.854. The molecule has 1 aromatic heterocycles. The van der Waals surface area contributed by atoms with Crippen LogP contribution in [0.2, 0.25) is 0 Å². The van der Waals surface area contributed by atoms with Gasteiger partial charge in [-0.05, 0) is 6.92 Å². The normalized spacial score (nSPS) is 8.40. The zero-order valence-corrected chi connectivity index (χ0v) is 7.75. The van der Waals surface area contributed by atoms with E-state index in [0.717, 1.165) is 0 Å². The molecule has 1 heterocycles. The second-order valence-electron chi connectivity index (χ2n) is 1.76. The van der Waals surface area contributed by atoms with Crippen molar-refractivity contribution in [3.05, 3.63) is 15.9 Å². The first-order valence-corrected chi connectivity index (χ1v) is 4.19. The molecule has 10 heavy (non-hydrogen) atoms. The van der Waals surface area contributed by atoms with Crippen molar-refractivity contribution in [2.75, 3.05) is 0 Å². The quantitative estimate of drug-likeness (QED) is 0.597. The van der Waals surface area contributed by atoms with Crippen LogP contribution in [0.5, 0.6) is 0 Å². The highest BCUT2D eigenvalue weighted by atomic mass is 32.1. The SMILES string of the molecule is CC.Cc1cn(C)c(=N)s1. The third kappa shape index (κ3) is 2.35. The number of hydrogen-bond acceptors (Lipinski definition) is 2. The summed E-state index contributed by atoms with van der Waals surface area (Å²) < 4.78 is 1.81. The Balaban J connectivity index is 0.000000371. The Labute approximate surface area is 65.7 Å². The molecular formula is C7H14N2S. The number of nitrogens with one attached hydrogen (secondary N) is 1. The Bertz CT molecular complexity index is 234. The lowest BCUT2D eigenvalue weighted by atomic mass is 10.6. The van der Waals surface area contributed by atoms with E-state index in [1.165, 1.54) is 16.2 Å². The van der Waals surface area contributed by atoms with Crippen LogP contribution in [0, 0.1) is 12.3 Å². The van der Waals surface area contributed by atoms with Crippen molar-refractivity contribution >= 4 is 11.3 Å². The van der Waals surface area contributed by atoms with Crippen LogP contribution in [-0.4, -0.2) is 4.57 Å². The highest BCUT2D eigenvalue weighted by Crippen LogP contribution is 1.96. The number of nitrogens with zero attached hydrogens (tertiary/aromatic N) is 1. The van der Waals surface area contributed by atoms with Crippen molar-refractivity contribution < 1.29 is 0 Å². The van der Waals surface area contributed by atoms with Crippen molar-refractivity contribution in [3.8, 4) is 0 Å². The lowest BCUT2D eigenvalue weighted by Gasteiger charge is -1.80. The summed E-state index contributed by atoms with van der Waals surface area (Å²) >= 11 is 1.50. The van der Waals surface area contributed by atoms with Gasteiger partial charge in [0.15, 0.2) is 4.80 Å². The molecule has 1 aromatic rings. The smallest absolute Gasteiger partial charge is 0.181 e. The first-order chi connectivity index (χ1) is 4.70. The van der Waals surface area contributed by atoms with Gasteiger partial charge in [-0.25, -0.2) is 0 Å². The molecule has 3 heteroatoms. The summed E-state index contributed by atoms with van der Waals surface area (Å²) in [5, 5.41) is 7.22. The topological polar surface area (TPSA) is 28.8 Å². The minimum atomic E-state index is 0.613. The fourth-order valence-corrected chi connectivity index (χ4v) is 1.29. The molecule has 0 amide bonds. The van der Waals surface area contributed by atoms with E-state index in [4.69, 9.17) is 5.41 Å². The van der Waals surface area contributed by atoms with Gasteiger partial charge in [-0.3, -0.25) is 5.41 Å². The molecule has 0 unspecified atom stereocenters. The molecule has 0 aliphatic carbocycles.